The summed E-state index contributed by atoms with van der Waals surface area (Å²) in [6.45, 7) is 3.78. The summed E-state index contributed by atoms with van der Waals surface area (Å²) < 4.78 is 0. The van der Waals surface area contributed by atoms with Crippen molar-refractivity contribution in [3.63, 3.8) is 0 Å². The number of unbranched alkanes of at least 4 members (excludes halogenated alkanes) is 2. The number of hydrogen-bond acceptors (Lipinski definition) is 2. The van der Waals surface area contributed by atoms with Gasteiger partial charge in [-0.2, -0.15) is 5.26 Å². The number of Topliss-reactive ketones (excluding diaryl/α,β-unsaturated/α-hetero) is 1. The molecule has 19 heavy (non-hydrogen) atoms. The average Bonchev–Trinajstić information content (AvgIpc) is 2.40. The van der Waals surface area contributed by atoms with E-state index in [1.165, 1.54) is 6.42 Å². The lowest BCUT2D eigenvalue weighted by Gasteiger charge is -2.21. The van der Waals surface area contributed by atoms with Gasteiger partial charge in [-0.25, -0.2) is 0 Å². The summed E-state index contributed by atoms with van der Waals surface area (Å²) in [5.74, 6) is 0.163. The van der Waals surface area contributed by atoms with Gasteiger partial charge in [-0.3, -0.25) is 0 Å². The smallest absolute Gasteiger partial charge is 0.130 e. The molecule has 0 saturated carbocycles. The molecule has 0 bridgehead atoms. The highest BCUT2D eigenvalue weighted by Crippen LogP contribution is 2.31. The Kier molecular flexibility index (Phi) is 6.89. The second kappa shape index (κ2) is 8.48. The topological polar surface area (TPSA) is 40.9 Å². The molecule has 0 N–H and O–H groups in total. The van der Waals surface area contributed by atoms with E-state index in [0.29, 0.717) is 6.42 Å². The monoisotopic (exact) mass is 257 g/mol. The highest BCUT2D eigenvalue weighted by molar-refractivity contribution is 5.75. The fraction of sp³-hybridized carbons (Fsp3) is 0.529. The van der Waals surface area contributed by atoms with Crippen molar-refractivity contribution in [1.82, 2.24) is 0 Å². The second-order valence-corrected chi connectivity index (χ2v) is 5.18. The third-order valence-electron chi connectivity index (χ3n) is 3.50. The van der Waals surface area contributed by atoms with Gasteiger partial charge < -0.3 is 4.79 Å². The average molecular weight is 257 g/mol. The molecule has 0 radical (unpaired) electrons. The van der Waals surface area contributed by atoms with Crippen LogP contribution in [0.1, 0.15) is 57.4 Å². The van der Waals surface area contributed by atoms with E-state index in [1.807, 2.05) is 30.3 Å². The predicted molar refractivity (Wildman–Crippen MR) is 77.7 cm³/mol. The number of ketones is 1. The van der Waals surface area contributed by atoms with Crippen LogP contribution in [0.25, 0.3) is 0 Å². The molecular formula is C17H23NO. The van der Waals surface area contributed by atoms with Crippen LogP contribution >= 0.6 is 0 Å². The zero-order valence-electron chi connectivity index (χ0n) is 11.9. The highest BCUT2D eigenvalue weighted by Gasteiger charge is 2.23. The Morgan fingerprint density at radius 2 is 1.95 bits per heavy atom. The fourth-order valence-electron chi connectivity index (χ4n) is 2.52. The highest BCUT2D eigenvalue weighted by atomic mass is 16.1. The number of nitrogens with zero attached hydrogens (tertiary/aromatic N) is 1. The van der Waals surface area contributed by atoms with Crippen LogP contribution in [-0.2, 0) is 4.79 Å². The van der Waals surface area contributed by atoms with Crippen LogP contribution < -0.4 is 0 Å². The minimum Gasteiger partial charge on any atom is -0.300 e. The SMILES string of the molecule is CCCCCC(CC(C)=O)C(C#N)c1ccccc1. The molecular weight excluding hydrogens is 234 g/mol. The molecule has 1 rings (SSSR count). The molecule has 0 fully saturated rings. The summed E-state index contributed by atoms with van der Waals surface area (Å²) in [6.07, 6.45) is 4.90. The van der Waals surface area contributed by atoms with Crippen LogP contribution in [0.3, 0.4) is 0 Å². The van der Waals surface area contributed by atoms with E-state index in [0.717, 1.165) is 24.8 Å². The van der Waals surface area contributed by atoms with E-state index in [1.54, 1.807) is 6.92 Å². The van der Waals surface area contributed by atoms with Crippen molar-refractivity contribution >= 4 is 5.78 Å². The quantitative estimate of drug-likeness (QED) is 0.645. The standard InChI is InChI=1S/C17H23NO/c1-3-4-6-11-16(12-14(2)19)17(13-18)15-9-7-5-8-10-15/h5,7-10,16-17H,3-4,6,11-12H2,1-2H3. The third-order valence-corrected chi connectivity index (χ3v) is 3.50. The molecule has 0 aliphatic carbocycles. The lowest BCUT2D eigenvalue weighted by atomic mass is 9.81. The van der Waals surface area contributed by atoms with Crippen molar-refractivity contribution in [3.8, 4) is 6.07 Å². The van der Waals surface area contributed by atoms with Gasteiger partial charge in [0.25, 0.3) is 0 Å². The lowest BCUT2D eigenvalue weighted by molar-refractivity contribution is -0.118. The van der Waals surface area contributed by atoms with E-state index < -0.39 is 0 Å². The van der Waals surface area contributed by atoms with Crippen molar-refractivity contribution in [2.24, 2.45) is 5.92 Å². The van der Waals surface area contributed by atoms with E-state index in [9.17, 15) is 10.1 Å². The molecule has 2 unspecified atom stereocenters. The number of hydrogen-bond donors (Lipinski definition) is 0. The summed E-state index contributed by atoms with van der Waals surface area (Å²) in [6, 6.07) is 12.2. The van der Waals surface area contributed by atoms with E-state index >= 15 is 0 Å². The first-order chi connectivity index (χ1) is 9.19. The van der Waals surface area contributed by atoms with E-state index in [-0.39, 0.29) is 17.6 Å². The Bertz CT molecular complexity index is 419. The minimum atomic E-state index is -0.165. The first kappa shape index (κ1) is 15.4. The van der Waals surface area contributed by atoms with Gasteiger partial charge in [0.15, 0.2) is 0 Å². The number of nitriles is 1. The van der Waals surface area contributed by atoms with Crippen LogP contribution in [-0.4, -0.2) is 5.78 Å². The van der Waals surface area contributed by atoms with Crippen molar-refractivity contribution < 1.29 is 4.79 Å². The number of rotatable bonds is 8. The first-order valence-corrected chi connectivity index (χ1v) is 7.13. The van der Waals surface area contributed by atoms with Gasteiger partial charge in [-0.1, -0.05) is 56.5 Å². The molecule has 2 atom stereocenters. The molecule has 0 heterocycles. The van der Waals surface area contributed by atoms with Crippen molar-refractivity contribution in [2.45, 2.75) is 51.9 Å². The van der Waals surface area contributed by atoms with Gasteiger partial charge in [0.2, 0.25) is 0 Å². The zero-order chi connectivity index (χ0) is 14.1. The number of benzene rings is 1. The molecule has 1 aromatic rings. The largest absolute Gasteiger partial charge is 0.300 e. The maximum atomic E-state index is 11.4. The van der Waals surface area contributed by atoms with Crippen LogP contribution in [0, 0.1) is 17.2 Å². The Balaban J connectivity index is 2.81. The van der Waals surface area contributed by atoms with E-state index in [4.69, 9.17) is 0 Å². The van der Waals surface area contributed by atoms with Gasteiger partial charge >= 0.3 is 0 Å². The predicted octanol–water partition coefficient (Wildman–Crippen LogP) is 4.47. The molecule has 0 aliphatic heterocycles. The van der Waals surface area contributed by atoms with Gasteiger partial charge in [0.05, 0.1) is 12.0 Å². The third kappa shape index (κ3) is 5.26. The summed E-state index contributed by atoms with van der Waals surface area (Å²) >= 11 is 0. The molecule has 0 saturated heterocycles. The van der Waals surface area contributed by atoms with Gasteiger partial charge in [0, 0.05) is 6.42 Å². The molecule has 0 aliphatic rings. The maximum absolute atomic E-state index is 11.4. The Labute approximate surface area is 116 Å². The summed E-state index contributed by atoms with van der Waals surface area (Å²) in [4.78, 5) is 11.4. The number of carbonyl (C=O) groups excluding carboxylic acids is 1. The van der Waals surface area contributed by atoms with E-state index in [2.05, 4.69) is 13.0 Å². The van der Waals surface area contributed by atoms with Gasteiger partial charge in [-0.05, 0) is 24.8 Å². The summed E-state index contributed by atoms with van der Waals surface area (Å²) in [7, 11) is 0. The first-order valence-electron chi connectivity index (χ1n) is 7.13. The van der Waals surface area contributed by atoms with Crippen LogP contribution in [0.15, 0.2) is 30.3 Å². The van der Waals surface area contributed by atoms with Crippen LogP contribution in [0.5, 0.6) is 0 Å². The molecule has 0 spiro atoms. The van der Waals surface area contributed by atoms with Gasteiger partial charge in [-0.15, -0.1) is 0 Å². The molecule has 0 aromatic heterocycles. The Morgan fingerprint density at radius 1 is 1.26 bits per heavy atom. The van der Waals surface area contributed by atoms with Crippen molar-refractivity contribution in [3.05, 3.63) is 35.9 Å². The molecule has 1 aromatic carbocycles. The molecule has 102 valence electrons. The summed E-state index contributed by atoms with van der Waals surface area (Å²) in [5.41, 5.74) is 1.03. The second-order valence-electron chi connectivity index (χ2n) is 5.18. The Morgan fingerprint density at radius 3 is 2.47 bits per heavy atom. The molecule has 2 nitrogen and oxygen atoms in total. The minimum absolute atomic E-state index is 0.149. The van der Waals surface area contributed by atoms with Crippen molar-refractivity contribution in [2.75, 3.05) is 0 Å². The number of carbonyl (C=O) groups is 1. The lowest BCUT2D eigenvalue weighted by Crippen LogP contribution is -2.15. The normalized spacial score (nSPS) is 13.5. The van der Waals surface area contributed by atoms with Gasteiger partial charge in [0.1, 0.15) is 5.78 Å². The Hall–Kier alpha value is -1.62. The summed E-state index contributed by atoms with van der Waals surface area (Å²) in [5, 5.41) is 9.46. The molecule has 2 heteroatoms. The van der Waals surface area contributed by atoms with Crippen LogP contribution in [0.2, 0.25) is 0 Å². The fourth-order valence-corrected chi connectivity index (χ4v) is 2.52. The zero-order valence-corrected chi connectivity index (χ0v) is 11.9. The maximum Gasteiger partial charge on any atom is 0.130 e. The van der Waals surface area contributed by atoms with Crippen LogP contribution in [0.4, 0.5) is 0 Å². The van der Waals surface area contributed by atoms with Crippen molar-refractivity contribution in [1.29, 1.82) is 5.26 Å². The molecule has 0 amide bonds.